The number of hydrogen-bond donors (Lipinski definition) is 4. The highest BCUT2D eigenvalue weighted by Gasteiger charge is 2.33. The molecule has 0 heterocycles. The molecule has 0 bridgehead atoms. The second kappa shape index (κ2) is 21.7. The molecular weight excluding hydrogens is 745 g/mol. The van der Waals surface area contributed by atoms with Gasteiger partial charge in [0.2, 0.25) is 11.8 Å². The third kappa shape index (κ3) is 13.3. The van der Waals surface area contributed by atoms with E-state index in [0.717, 1.165) is 60.8 Å². The van der Waals surface area contributed by atoms with Gasteiger partial charge >= 0.3 is 0 Å². The Morgan fingerprint density at radius 2 is 0.933 bits per heavy atom. The van der Waals surface area contributed by atoms with Crippen molar-refractivity contribution in [2.45, 2.75) is 130 Å². The van der Waals surface area contributed by atoms with Gasteiger partial charge in [0.25, 0.3) is 0 Å². The van der Waals surface area contributed by atoms with Gasteiger partial charge in [-0.1, -0.05) is 108 Å². The third-order valence-corrected chi connectivity index (χ3v) is 12.4. The summed E-state index contributed by atoms with van der Waals surface area (Å²) in [5.74, 6) is 0.977. The van der Waals surface area contributed by atoms with Gasteiger partial charge in [0.1, 0.15) is 0 Å². The molecule has 2 saturated carbocycles. The number of aryl methyl sites for hydroxylation is 4. The molecule has 0 saturated heterocycles. The molecule has 4 N–H and O–H groups in total. The summed E-state index contributed by atoms with van der Waals surface area (Å²) in [5, 5.41) is 21.2. The monoisotopic (exact) mass is 808 g/mol. The van der Waals surface area contributed by atoms with E-state index in [1.54, 1.807) is 27.7 Å². The fourth-order valence-electron chi connectivity index (χ4n) is 8.53. The van der Waals surface area contributed by atoms with Crippen LogP contribution in [0.4, 0.5) is 0 Å². The molecule has 6 atom stereocenters. The van der Waals surface area contributed by atoms with Crippen molar-refractivity contribution in [3.05, 3.63) is 142 Å². The minimum Gasteiger partial charge on any atom is -0.346 e. The van der Waals surface area contributed by atoms with E-state index in [1.165, 1.54) is 22.3 Å². The van der Waals surface area contributed by atoms with Gasteiger partial charge in [-0.2, -0.15) is 0 Å². The molecular formula is C52H64N4O4. The third-order valence-electron chi connectivity index (χ3n) is 12.4. The van der Waals surface area contributed by atoms with Crippen LogP contribution in [0.1, 0.15) is 135 Å². The molecule has 2 fully saturated rings. The van der Waals surface area contributed by atoms with E-state index >= 15 is 0 Å². The Hall–Kier alpha value is -5.50. The van der Waals surface area contributed by atoms with E-state index in [0.29, 0.717) is 48.9 Å². The Morgan fingerprint density at radius 3 is 1.27 bits per heavy atom. The normalized spacial score (nSPS) is 19.3. The number of hydrogen-bond acceptors (Lipinski definition) is 6. The molecule has 0 aromatic heterocycles. The summed E-state index contributed by atoms with van der Waals surface area (Å²) in [7, 11) is 0. The molecule has 2 amide bonds. The van der Waals surface area contributed by atoms with Crippen LogP contribution in [0.2, 0.25) is 0 Å². The van der Waals surface area contributed by atoms with Crippen molar-refractivity contribution in [2.24, 2.45) is 11.8 Å². The summed E-state index contributed by atoms with van der Waals surface area (Å²) in [5.41, 5.74) is 10.1. The standard InChI is InChI=1S/2C26H32N2O2/c2*1-17-5-4-6-22(15-17)23-12-13-24(16-23)26(30)28-19(3)25(29)14-9-20-7-10-21(11-8-20)18(2)27/h2*4-8,10-11,15,19,23-24,27H,9,12-14,16H2,1-3H3,(H,28,30)/t2*19-,23-,24+/m00/s1. The first-order chi connectivity index (χ1) is 28.7. The molecule has 0 unspecified atom stereocenters. The lowest BCUT2D eigenvalue weighted by molar-refractivity contribution is -0.129. The molecule has 8 nitrogen and oxygen atoms in total. The molecule has 0 spiro atoms. The van der Waals surface area contributed by atoms with Crippen molar-refractivity contribution in [1.29, 1.82) is 10.8 Å². The predicted molar refractivity (Wildman–Crippen MR) is 242 cm³/mol. The van der Waals surface area contributed by atoms with Crippen molar-refractivity contribution in [3.63, 3.8) is 0 Å². The lowest BCUT2D eigenvalue weighted by atomic mass is 9.95. The fraction of sp³-hybridized carbons (Fsp3) is 0.423. The second-order valence-corrected chi connectivity index (χ2v) is 17.3. The minimum atomic E-state index is -0.460. The van der Waals surface area contributed by atoms with Gasteiger partial charge in [0.05, 0.1) is 12.1 Å². The first-order valence-electron chi connectivity index (χ1n) is 21.7. The van der Waals surface area contributed by atoms with Crippen LogP contribution in [0, 0.1) is 36.5 Å². The van der Waals surface area contributed by atoms with Crippen LogP contribution in [-0.2, 0) is 32.0 Å². The number of Topliss-reactive ketones (excluding diaryl/α,β-unsaturated/α-hetero) is 2. The zero-order valence-electron chi connectivity index (χ0n) is 36.4. The summed E-state index contributed by atoms with van der Waals surface area (Å²) in [6.45, 7) is 11.3. The summed E-state index contributed by atoms with van der Waals surface area (Å²) in [6.07, 6.45) is 7.62. The summed E-state index contributed by atoms with van der Waals surface area (Å²) in [6, 6.07) is 31.7. The van der Waals surface area contributed by atoms with Gasteiger partial charge in [0.15, 0.2) is 11.6 Å². The van der Waals surface area contributed by atoms with Gasteiger partial charge in [-0.25, -0.2) is 0 Å². The number of nitrogens with one attached hydrogen (secondary N) is 4. The number of rotatable bonds is 16. The number of carbonyl (C=O) groups excluding carboxylic acids is 4. The highest BCUT2D eigenvalue weighted by Crippen LogP contribution is 2.39. The van der Waals surface area contributed by atoms with Crippen molar-refractivity contribution in [1.82, 2.24) is 10.6 Å². The average Bonchev–Trinajstić information content (AvgIpc) is 3.94. The van der Waals surface area contributed by atoms with Crippen LogP contribution < -0.4 is 10.6 Å². The topological polar surface area (TPSA) is 140 Å². The summed E-state index contributed by atoms with van der Waals surface area (Å²) < 4.78 is 0. The van der Waals surface area contributed by atoms with Gasteiger partial charge in [-0.15, -0.1) is 0 Å². The maximum Gasteiger partial charge on any atom is 0.223 e. The largest absolute Gasteiger partial charge is 0.346 e. The molecule has 4 aromatic rings. The smallest absolute Gasteiger partial charge is 0.223 e. The van der Waals surface area contributed by atoms with E-state index in [9.17, 15) is 19.2 Å². The highest BCUT2D eigenvalue weighted by atomic mass is 16.2. The van der Waals surface area contributed by atoms with Gasteiger partial charge < -0.3 is 21.5 Å². The van der Waals surface area contributed by atoms with Gasteiger partial charge in [-0.3, -0.25) is 19.2 Å². The van der Waals surface area contributed by atoms with Crippen molar-refractivity contribution in [2.75, 3.05) is 0 Å². The molecule has 2 aliphatic carbocycles. The van der Waals surface area contributed by atoms with Gasteiger partial charge in [-0.05, 0) is 138 Å². The molecule has 60 heavy (non-hydrogen) atoms. The maximum atomic E-state index is 12.7. The van der Waals surface area contributed by atoms with Crippen LogP contribution in [0.25, 0.3) is 0 Å². The van der Waals surface area contributed by atoms with Crippen LogP contribution >= 0.6 is 0 Å². The Labute approximate surface area is 357 Å². The van der Waals surface area contributed by atoms with Gasteiger partial charge in [0, 0.05) is 36.1 Å². The molecule has 4 aromatic carbocycles. The molecule has 316 valence electrons. The van der Waals surface area contributed by atoms with Crippen molar-refractivity contribution < 1.29 is 19.2 Å². The van der Waals surface area contributed by atoms with Crippen LogP contribution in [0.15, 0.2) is 97.1 Å². The molecule has 6 rings (SSSR count). The maximum absolute atomic E-state index is 12.7. The number of carbonyl (C=O) groups is 4. The summed E-state index contributed by atoms with van der Waals surface area (Å²) in [4.78, 5) is 50.4. The number of ketones is 2. The minimum absolute atomic E-state index is 0.0109. The zero-order valence-corrected chi connectivity index (χ0v) is 36.4. The molecule has 0 radical (unpaired) electrons. The Bertz CT molecular complexity index is 1990. The van der Waals surface area contributed by atoms with E-state index in [1.807, 2.05) is 48.5 Å². The number of benzene rings is 4. The average molecular weight is 809 g/mol. The van der Waals surface area contributed by atoms with E-state index < -0.39 is 12.1 Å². The van der Waals surface area contributed by atoms with E-state index in [-0.39, 0.29) is 35.2 Å². The lowest BCUT2D eigenvalue weighted by Crippen LogP contribution is -2.41. The first kappa shape index (κ1) is 45.6. The van der Waals surface area contributed by atoms with Crippen LogP contribution in [0.3, 0.4) is 0 Å². The fourth-order valence-corrected chi connectivity index (χ4v) is 8.53. The first-order valence-corrected chi connectivity index (χ1v) is 21.7. The quantitative estimate of drug-likeness (QED) is 0.0837. The molecule has 0 aliphatic heterocycles. The zero-order chi connectivity index (χ0) is 43.3. The lowest BCUT2D eigenvalue weighted by Gasteiger charge is -2.17. The van der Waals surface area contributed by atoms with Crippen LogP contribution in [0.5, 0.6) is 0 Å². The summed E-state index contributed by atoms with van der Waals surface area (Å²) >= 11 is 0. The van der Waals surface area contributed by atoms with Crippen molar-refractivity contribution >= 4 is 34.8 Å². The number of amides is 2. The Morgan fingerprint density at radius 1 is 0.567 bits per heavy atom. The van der Waals surface area contributed by atoms with Crippen LogP contribution in [-0.4, -0.2) is 46.9 Å². The Kier molecular flexibility index (Phi) is 16.5. The van der Waals surface area contributed by atoms with E-state index in [2.05, 4.69) is 73.0 Å². The second-order valence-electron chi connectivity index (χ2n) is 17.3. The van der Waals surface area contributed by atoms with E-state index in [4.69, 9.17) is 10.8 Å². The predicted octanol–water partition coefficient (Wildman–Crippen LogP) is 9.95. The van der Waals surface area contributed by atoms with Crippen molar-refractivity contribution in [3.8, 4) is 0 Å². The molecule has 8 heteroatoms. The SMILES string of the molecule is CC(=N)c1ccc(CCC(=O)[C@H](C)NC(=O)[C@@H]2CC[C@H](c3cccc(C)c3)C2)cc1.CC(=N)c1ccc(CCC(=O)[C@H](C)NC(=O)[C@@H]2CC[C@H](c3cccc(C)c3)C2)cc1. The molecule has 2 aliphatic rings. The highest BCUT2D eigenvalue weighted by molar-refractivity contribution is 5.96. The Balaban J connectivity index is 0.000000228.